The lowest BCUT2D eigenvalue weighted by molar-refractivity contribution is 0.102. The van der Waals surface area contributed by atoms with E-state index in [1.54, 1.807) is 28.9 Å². The van der Waals surface area contributed by atoms with Crippen molar-refractivity contribution in [3.63, 3.8) is 0 Å². The van der Waals surface area contributed by atoms with E-state index < -0.39 is 0 Å². The van der Waals surface area contributed by atoms with Gasteiger partial charge in [0, 0.05) is 11.3 Å². The van der Waals surface area contributed by atoms with Crippen molar-refractivity contribution >= 4 is 17.8 Å². The number of amides is 1. The number of nitrogens with one attached hydrogen (secondary N) is 2. The Morgan fingerprint density at radius 3 is 2.67 bits per heavy atom. The first-order valence-corrected chi connectivity index (χ1v) is 10.1. The van der Waals surface area contributed by atoms with Gasteiger partial charge in [0.25, 0.3) is 11.9 Å². The van der Waals surface area contributed by atoms with Crippen LogP contribution < -0.4 is 15.4 Å². The van der Waals surface area contributed by atoms with Crippen LogP contribution >= 0.6 is 0 Å². The maximum absolute atomic E-state index is 12.6. The zero-order valence-corrected chi connectivity index (χ0v) is 17.1. The lowest BCUT2D eigenvalue weighted by atomic mass is 10.1. The second kappa shape index (κ2) is 8.82. The number of hydrogen-bond donors (Lipinski definition) is 2. The summed E-state index contributed by atoms with van der Waals surface area (Å²) in [5.74, 6) is 1.35. The molecule has 7 nitrogen and oxygen atoms in total. The highest BCUT2D eigenvalue weighted by Gasteiger charge is 2.24. The Labute approximate surface area is 175 Å². The minimum Gasteiger partial charge on any atom is -0.494 e. The van der Waals surface area contributed by atoms with Crippen LogP contribution in [0.4, 0.5) is 11.9 Å². The Morgan fingerprint density at radius 2 is 1.93 bits per heavy atom. The van der Waals surface area contributed by atoms with Gasteiger partial charge in [-0.3, -0.25) is 10.1 Å². The van der Waals surface area contributed by atoms with Gasteiger partial charge in [-0.15, -0.1) is 5.10 Å². The van der Waals surface area contributed by atoms with Gasteiger partial charge in [0.15, 0.2) is 0 Å². The second-order valence-corrected chi connectivity index (χ2v) is 7.21. The topological polar surface area (TPSA) is 81.1 Å². The minimum absolute atomic E-state index is 0.0832. The van der Waals surface area contributed by atoms with Crippen molar-refractivity contribution in [2.75, 3.05) is 17.2 Å². The average Bonchev–Trinajstić information content (AvgIpc) is 3.16. The normalized spacial score (nSPS) is 15.0. The van der Waals surface area contributed by atoms with E-state index in [0.717, 1.165) is 29.9 Å². The van der Waals surface area contributed by atoms with E-state index in [1.807, 2.05) is 37.3 Å². The molecule has 0 saturated heterocycles. The molecule has 0 aliphatic carbocycles. The van der Waals surface area contributed by atoms with E-state index in [1.165, 1.54) is 0 Å². The first kappa shape index (κ1) is 19.7. The van der Waals surface area contributed by atoms with Gasteiger partial charge < -0.3 is 10.1 Å². The molecule has 2 aromatic carbocycles. The number of rotatable bonds is 7. The first-order valence-electron chi connectivity index (χ1n) is 10.1. The molecule has 1 aliphatic heterocycles. The maximum Gasteiger partial charge on any atom is 0.258 e. The van der Waals surface area contributed by atoms with Crippen LogP contribution in [0.5, 0.6) is 5.75 Å². The number of carbonyl (C=O) groups excluding carboxylic acids is 1. The van der Waals surface area contributed by atoms with Crippen LogP contribution in [-0.4, -0.2) is 27.3 Å². The van der Waals surface area contributed by atoms with Gasteiger partial charge in [-0.05, 0) is 49.2 Å². The zero-order valence-electron chi connectivity index (χ0n) is 17.1. The molecule has 1 amide bonds. The van der Waals surface area contributed by atoms with Crippen molar-refractivity contribution in [3.8, 4) is 5.75 Å². The van der Waals surface area contributed by atoms with Crippen LogP contribution in [0.15, 0.2) is 66.4 Å². The number of fused-ring (bicyclic) bond motifs is 1. The molecule has 154 valence electrons. The van der Waals surface area contributed by atoms with Gasteiger partial charge >= 0.3 is 0 Å². The summed E-state index contributed by atoms with van der Waals surface area (Å²) in [5, 5.41) is 10.5. The van der Waals surface area contributed by atoms with Crippen LogP contribution in [0, 0.1) is 0 Å². The van der Waals surface area contributed by atoms with Gasteiger partial charge in [-0.25, -0.2) is 4.68 Å². The molecule has 1 aliphatic rings. The van der Waals surface area contributed by atoms with Gasteiger partial charge in [0.1, 0.15) is 11.8 Å². The maximum atomic E-state index is 12.6. The van der Waals surface area contributed by atoms with Gasteiger partial charge in [0.05, 0.1) is 6.61 Å². The predicted octanol–water partition coefficient (Wildman–Crippen LogP) is 4.63. The molecule has 7 heteroatoms. The molecule has 3 aromatic rings. The van der Waals surface area contributed by atoms with Gasteiger partial charge in [-0.2, -0.15) is 4.98 Å². The molecule has 0 radical (unpaired) electrons. The van der Waals surface area contributed by atoms with Crippen LogP contribution in [0.2, 0.25) is 0 Å². The molecule has 0 saturated carbocycles. The van der Waals surface area contributed by atoms with Crippen molar-refractivity contribution in [3.05, 3.63) is 77.5 Å². The summed E-state index contributed by atoms with van der Waals surface area (Å²) in [6.07, 6.45) is 4.17. The van der Waals surface area contributed by atoms with E-state index in [0.29, 0.717) is 18.1 Å². The fourth-order valence-electron chi connectivity index (χ4n) is 3.28. The monoisotopic (exact) mass is 403 g/mol. The quantitative estimate of drug-likeness (QED) is 0.562. The summed E-state index contributed by atoms with van der Waals surface area (Å²) in [6.45, 7) is 4.78. The summed E-state index contributed by atoms with van der Waals surface area (Å²) in [7, 11) is 0. The lowest BCUT2D eigenvalue weighted by Crippen LogP contribution is -2.19. The van der Waals surface area contributed by atoms with Gasteiger partial charge in [-0.1, -0.05) is 43.7 Å². The molecule has 0 spiro atoms. The highest BCUT2D eigenvalue weighted by molar-refractivity contribution is 6.03. The molecule has 4 rings (SSSR count). The second-order valence-electron chi connectivity index (χ2n) is 7.21. The molecular weight excluding hydrogens is 378 g/mol. The third kappa shape index (κ3) is 4.35. The molecule has 0 fully saturated rings. The van der Waals surface area contributed by atoms with E-state index in [4.69, 9.17) is 4.74 Å². The number of carbonyl (C=O) groups is 1. The van der Waals surface area contributed by atoms with Crippen molar-refractivity contribution in [1.82, 2.24) is 14.8 Å². The largest absolute Gasteiger partial charge is 0.494 e. The Morgan fingerprint density at radius 1 is 1.17 bits per heavy atom. The van der Waals surface area contributed by atoms with Crippen molar-refractivity contribution in [2.24, 2.45) is 0 Å². The molecule has 2 heterocycles. The highest BCUT2D eigenvalue weighted by atomic mass is 16.5. The Kier molecular flexibility index (Phi) is 5.79. The number of aromatic nitrogens is 3. The summed E-state index contributed by atoms with van der Waals surface area (Å²) in [5.41, 5.74) is 2.61. The summed E-state index contributed by atoms with van der Waals surface area (Å²) >= 11 is 0. The number of benzene rings is 2. The molecule has 0 bridgehead atoms. The molecule has 1 unspecified atom stereocenters. The molecule has 1 aromatic heterocycles. The smallest absolute Gasteiger partial charge is 0.258 e. The zero-order chi connectivity index (χ0) is 20.9. The van der Waals surface area contributed by atoms with Crippen molar-refractivity contribution in [2.45, 2.75) is 32.7 Å². The predicted molar refractivity (Wildman–Crippen MR) is 117 cm³/mol. The first-order chi connectivity index (χ1) is 14.6. The molecule has 1 atom stereocenters. The van der Waals surface area contributed by atoms with E-state index in [2.05, 4.69) is 33.7 Å². The van der Waals surface area contributed by atoms with Crippen LogP contribution in [0.3, 0.4) is 0 Å². The van der Waals surface area contributed by atoms with Crippen molar-refractivity contribution < 1.29 is 9.53 Å². The average molecular weight is 403 g/mol. The van der Waals surface area contributed by atoms with E-state index in [-0.39, 0.29) is 17.9 Å². The number of unbranched alkanes of at least 4 members (excludes halogenated alkanes) is 1. The summed E-state index contributed by atoms with van der Waals surface area (Å²) in [4.78, 5) is 17.1. The number of hydrogen-bond acceptors (Lipinski definition) is 5. The van der Waals surface area contributed by atoms with Crippen LogP contribution in [0.25, 0.3) is 0 Å². The minimum atomic E-state index is -0.265. The van der Waals surface area contributed by atoms with E-state index >= 15 is 0 Å². The van der Waals surface area contributed by atoms with Gasteiger partial charge in [0.2, 0.25) is 5.95 Å². The molecule has 2 N–H and O–H groups in total. The number of ether oxygens (including phenoxy) is 1. The Balaban J connectivity index is 1.48. The third-order valence-electron chi connectivity index (χ3n) is 4.86. The Bertz CT molecular complexity index is 1040. The Hall–Kier alpha value is -3.61. The highest BCUT2D eigenvalue weighted by Crippen LogP contribution is 2.29. The number of nitrogens with zero attached hydrogens (tertiary/aromatic N) is 3. The molecular formula is C23H25N5O2. The van der Waals surface area contributed by atoms with Crippen LogP contribution in [0.1, 0.15) is 48.7 Å². The fraction of sp³-hybridized carbons (Fsp3) is 0.261. The van der Waals surface area contributed by atoms with E-state index in [9.17, 15) is 4.79 Å². The lowest BCUT2D eigenvalue weighted by Gasteiger charge is -2.22. The number of anilines is 2. The summed E-state index contributed by atoms with van der Waals surface area (Å²) < 4.78 is 7.42. The number of allylic oxidation sites excluding steroid dienone is 2. The fourth-order valence-corrected chi connectivity index (χ4v) is 3.28. The standard InChI is InChI=1S/C23H25N5O2/c1-3-4-14-30-19-12-10-18(11-13-19)21(29)25-22-26-23-24-16(2)15-20(28(23)27-22)17-8-6-5-7-9-17/h5-13,15,20H,3-4,14H2,1-2H3,(H2,24,25,26,27,29). The van der Waals surface area contributed by atoms with Crippen LogP contribution in [-0.2, 0) is 0 Å². The molecule has 30 heavy (non-hydrogen) atoms. The third-order valence-corrected chi connectivity index (χ3v) is 4.86. The summed E-state index contributed by atoms with van der Waals surface area (Å²) in [6, 6.07) is 17.1. The SMILES string of the molecule is CCCCOc1ccc(C(=O)Nc2nc3n(n2)C(c2ccccc2)C=C(C)N3)cc1. The van der Waals surface area contributed by atoms with Crippen molar-refractivity contribution in [1.29, 1.82) is 0 Å².